The smallest absolute Gasteiger partial charge is 0.165 e. The van der Waals surface area contributed by atoms with Crippen LogP contribution in [0.3, 0.4) is 0 Å². The van der Waals surface area contributed by atoms with E-state index < -0.39 is 0 Å². The summed E-state index contributed by atoms with van der Waals surface area (Å²) < 4.78 is 19.8. The lowest BCUT2D eigenvalue weighted by Gasteiger charge is -2.09. The van der Waals surface area contributed by atoms with Crippen molar-refractivity contribution in [1.82, 2.24) is 9.97 Å². The van der Waals surface area contributed by atoms with Crippen LogP contribution in [0, 0.1) is 5.82 Å². The molecule has 136 valence electrons. The van der Waals surface area contributed by atoms with Gasteiger partial charge in [0.25, 0.3) is 0 Å². The second-order valence-corrected chi connectivity index (χ2v) is 6.40. The molecule has 0 saturated heterocycles. The molecule has 0 fully saturated rings. The molecule has 0 spiro atoms. The zero-order valence-corrected chi connectivity index (χ0v) is 15.4. The molecule has 0 saturated carbocycles. The van der Waals surface area contributed by atoms with Gasteiger partial charge in [0.1, 0.15) is 0 Å². The van der Waals surface area contributed by atoms with Crippen molar-refractivity contribution >= 4 is 0 Å². The Hall–Kier alpha value is -1.97. The van der Waals surface area contributed by atoms with E-state index >= 15 is 0 Å². The predicted octanol–water partition coefficient (Wildman–Crippen LogP) is 5.97. The van der Waals surface area contributed by atoms with Gasteiger partial charge in [-0.15, -0.1) is 0 Å². The molecule has 4 heteroatoms. The lowest BCUT2D eigenvalue weighted by Crippen LogP contribution is -2.00. The first kappa shape index (κ1) is 19.4. The molecule has 0 aliphatic heterocycles. The standard InChI is InChI=1S/C21H29FN2O/c1-3-5-6-7-8-9-13-25-21-12-11-17(14-19(21)22)20-16-23-18(10-4-2)15-24-20/h11-12,14-16H,3-10,13H2,1-2H3. The van der Waals surface area contributed by atoms with Gasteiger partial charge in [-0.05, 0) is 31.0 Å². The Morgan fingerprint density at radius 1 is 0.920 bits per heavy atom. The summed E-state index contributed by atoms with van der Waals surface area (Å²) in [4.78, 5) is 8.75. The van der Waals surface area contributed by atoms with E-state index in [1.807, 2.05) is 6.07 Å². The van der Waals surface area contributed by atoms with Crippen LogP contribution in [-0.2, 0) is 6.42 Å². The summed E-state index contributed by atoms with van der Waals surface area (Å²) >= 11 is 0. The van der Waals surface area contributed by atoms with Crippen molar-refractivity contribution in [1.29, 1.82) is 0 Å². The fourth-order valence-corrected chi connectivity index (χ4v) is 2.73. The third-order valence-corrected chi connectivity index (χ3v) is 4.19. The Balaban J connectivity index is 1.85. The molecule has 1 aromatic heterocycles. The number of unbranched alkanes of at least 4 members (excludes halogenated alkanes) is 5. The Bertz CT molecular complexity index is 628. The summed E-state index contributed by atoms with van der Waals surface area (Å²) in [5, 5.41) is 0. The number of hydrogen-bond donors (Lipinski definition) is 0. The van der Waals surface area contributed by atoms with E-state index in [0.717, 1.165) is 36.9 Å². The zero-order chi connectivity index (χ0) is 17.9. The normalized spacial score (nSPS) is 10.8. The second-order valence-electron chi connectivity index (χ2n) is 6.40. The van der Waals surface area contributed by atoms with Crippen molar-refractivity contribution < 1.29 is 9.13 Å². The number of aryl methyl sites for hydroxylation is 1. The minimum absolute atomic E-state index is 0.313. The lowest BCUT2D eigenvalue weighted by atomic mass is 10.1. The van der Waals surface area contributed by atoms with Gasteiger partial charge in [-0.25, -0.2) is 4.39 Å². The molecule has 0 unspecified atom stereocenters. The Labute approximate surface area is 150 Å². The molecular weight excluding hydrogens is 315 g/mol. The first-order valence-corrected chi connectivity index (χ1v) is 9.48. The molecule has 0 atom stereocenters. The lowest BCUT2D eigenvalue weighted by molar-refractivity contribution is 0.290. The van der Waals surface area contributed by atoms with Crippen molar-refractivity contribution in [2.75, 3.05) is 6.61 Å². The average molecular weight is 344 g/mol. The maximum absolute atomic E-state index is 14.2. The van der Waals surface area contributed by atoms with Crippen LogP contribution in [0.2, 0.25) is 0 Å². The molecular formula is C21H29FN2O. The molecule has 2 rings (SSSR count). The van der Waals surface area contributed by atoms with Crippen LogP contribution in [0.15, 0.2) is 30.6 Å². The van der Waals surface area contributed by atoms with Crippen LogP contribution in [0.5, 0.6) is 5.75 Å². The number of aromatic nitrogens is 2. The summed E-state index contributed by atoms with van der Waals surface area (Å²) in [5.74, 6) is -0.0317. The Kier molecular flexibility index (Phi) is 8.36. The number of rotatable bonds is 11. The third kappa shape index (κ3) is 6.45. The van der Waals surface area contributed by atoms with Crippen molar-refractivity contribution in [3.8, 4) is 17.0 Å². The molecule has 25 heavy (non-hydrogen) atoms. The van der Waals surface area contributed by atoms with Crippen molar-refractivity contribution in [3.63, 3.8) is 0 Å². The van der Waals surface area contributed by atoms with E-state index in [2.05, 4.69) is 23.8 Å². The third-order valence-electron chi connectivity index (χ3n) is 4.19. The first-order chi connectivity index (χ1) is 12.2. The Morgan fingerprint density at radius 2 is 1.72 bits per heavy atom. The van der Waals surface area contributed by atoms with Gasteiger partial charge >= 0.3 is 0 Å². The highest BCUT2D eigenvalue weighted by molar-refractivity contribution is 5.59. The minimum atomic E-state index is -0.345. The number of ether oxygens (including phenoxy) is 1. The molecule has 0 amide bonds. The highest BCUT2D eigenvalue weighted by atomic mass is 19.1. The summed E-state index contributed by atoms with van der Waals surface area (Å²) in [7, 11) is 0. The van der Waals surface area contributed by atoms with Gasteiger partial charge in [0.05, 0.1) is 24.2 Å². The van der Waals surface area contributed by atoms with Gasteiger partial charge in [-0.3, -0.25) is 9.97 Å². The average Bonchev–Trinajstić information content (AvgIpc) is 2.63. The fourth-order valence-electron chi connectivity index (χ4n) is 2.73. The second kappa shape index (κ2) is 10.8. The SMILES string of the molecule is CCCCCCCCOc1ccc(-c2cnc(CCC)cn2)cc1F. The Morgan fingerprint density at radius 3 is 2.40 bits per heavy atom. The maximum atomic E-state index is 14.2. The van der Waals surface area contributed by atoms with E-state index in [1.54, 1.807) is 18.5 Å². The van der Waals surface area contributed by atoms with Crippen LogP contribution in [-0.4, -0.2) is 16.6 Å². The van der Waals surface area contributed by atoms with Crippen LogP contribution >= 0.6 is 0 Å². The van der Waals surface area contributed by atoms with Gasteiger partial charge in [0, 0.05) is 11.8 Å². The number of nitrogens with zero attached hydrogens (tertiary/aromatic N) is 2. The molecule has 0 N–H and O–H groups in total. The van der Waals surface area contributed by atoms with Gasteiger partial charge in [-0.2, -0.15) is 0 Å². The monoisotopic (exact) mass is 344 g/mol. The van der Waals surface area contributed by atoms with Gasteiger partial charge < -0.3 is 4.74 Å². The van der Waals surface area contributed by atoms with Crippen LogP contribution in [0.4, 0.5) is 4.39 Å². The van der Waals surface area contributed by atoms with E-state index in [1.165, 1.54) is 31.7 Å². The van der Waals surface area contributed by atoms with E-state index in [-0.39, 0.29) is 5.82 Å². The topological polar surface area (TPSA) is 35.0 Å². The molecule has 0 radical (unpaired) electrons. The number of halogens is 1. The maximum Gasteiger partial charge on any atom is 0.165 e. The van der Waals surface area contributed by atoms with E-state index in [9.17, 15) is 4.39 Å². The summed E-state index contributed by atoms with van der Waals surface area (Å²) in [6, 6.07) is 4.99. The van der Waals surface area contributed by atoms with Crippen LogP contribution in [0.1, 0.15) is 64.5 Å². The number of benzene rings is 1. The van der Waals surface area contributed by atoms with Crippen molar-refractivity contribution in [2.45, 2.75) is 65.2 Å². The minimum Gasteiger partial charge on any atom is -0.491 e. The highest BCUT2D eigenvalue weighted by Gasteiger charge is 2.08. The fraction of sp³-hybridized carbons (Fsp3) is 0.524. The van der Waals surface area contributed by atoms with Gasteiger partial charge in [0.15, 0.2) is 11.6 Å². The molecule has 2 aromatic rings. The van der Waals surface area contributed by atoms with Gasteiger partial charge in [-0.1, -0.05) is 52.4 Å². The molecule has 0 bridgehead atoms. The van der Waals surface area contributed by atoms with Crippen molar-refractivity contribution in [3.05, 3.63) is 42.1 Å². The number of hydrogen-bond acceptors (Lipinski definition) is 3. The van der Waals surface area contributed by atoms with Crippen molar-refractivity contribution in [2.24, 2.45) is 0 Å². The largest absolute Gasteiger partial charge is 0.491 e. The van der Waals surface area contributed by atoms with E-state index in [0.29, 0.717) is 18.1 Å². The zero-order valence-electron chi connectivity index (χ0n) is 15.4. The first-order valence-electron chi connectivity index (χ1n) is 9.48. The molecule has 1 heterocycles. The molecule has 0 aliphatic carbocycles. The highest BCUT2D eigenvalue weighted by Crippen LogP contribution is 2.24. The molecule has 0 aliphatic rings. The van der Waals surface area contributed by atoms with Gasteiger partial charge in [0.2, 0.25) is 0 Å². The predicted molar refractivity (Wildman–Crippen MR) is 100 cm³/mol. The van der Waals surface area contributed by atoms with E-state index in [4.69, 9.17) is 4.74 Å². The molecule has 3 nitrogen and oxygen atoms in total. The summed E-state index contributed by atoms with van der Waals surface area (Å²) in [5.41, 5.74) is 2.37. The summed E-state index contributed by atoms with van der Waals surface area (Å²) in [6.07, 6.45) is 12.6. The molecule has 1 aromatic carbocycles. The summed E-state index contributed by atoms with van der Waals surface area (Å²) in [6.45, 7) is 4.88. The quantitative estimate of drug-likeness (QED) is 0.471. The van der Waals surface area contributed by atoms with Crippen LogP contribution < -0.4 is 4.74 Å². The van der Waals surface area contributed by atoms with Crippen LogP contribution in [0.25, 0.3) is 11.3 Å².